The van der Waals surface area contributed by atoms with Crippen LogP contribution in [-0.4, -0.2) is 52.4 Å². The zero-order valence-corrected chi connectivity index (χ0v) is 17.1. The van der Waals surface area contributed by atoms with Crippen molar-refractivity contribution in [1.82, 2.24) is 14.9 Å². The summed E-state index contributed by atoms with van der Waals surface area (Å²) in [7, 11) is 0. The molecule has 150 valence electrons. The highest BCUT2D eigenvalue weighted by molar-refractivity contribution is 7.18. The Balaban J connectivity index is 1.77. The molecule has 2 N–H and O–H groups in total. The second-order valence-electron chi connectivity index (χ2n) is 7.40. The van der Waals surface area contributed by atoms with Gasteiger partial charge in [0.2, 0.25) is 0 Å². The molecule has 0 bridgehead atoms. The third-order valence-electron chi connectivity index (χ3n) is 4.94. The fraction of sp³-hybridized carbons (Fsp3) is 0.524. The molecule has 0 aromatic carbocycles. The van der Waals surface area contributed by atoms with Gasteiger partial charge in [0, 0.05) is 18.0 Å². The van der Waals surface area contributed by atoms with Crippen LogP contribution < -0.4 is 5.56 Å². The van der Waals surface area contributed by atoms with Crippen LogP contribution in [0, 0.1) is 18.3 Å². The van der Waals surface area contributed by atoms with Gasteiger partial charge in [-0.05, 0) is 30.7 Å². The van der Waals surface area contributed by atoms with E-state index in [2.05, 4.69) is 24.4 Å². The number of aromatic nitrogens is 2. The number of aryl methyl sites for hydroxylation is 1. The first-order valence-electron chi connectivity index (χ1n) is 9.57. The largest absolute Gasteiger partial charge is 0.389 e. The van der Waals surface area contributed by atoms with Gasteiger partial charge in [0.1, 0.15) is 17.3 Å². The monoisotopic (exact) mass is 401 g/mol. The Kier molecular flexibility index (Phi) is 7.03. The van der Waals surface area contributed by atoms with Gasteiger partial charge in [-0.1, -0.05) is 18.9 Å². The van der Waals surface area contributed by atoms with Crippen LogP contribution in [-0.2, 0) is 24.1 Å². The number of H-pyrrole nitrogens is 1. The number of terminal acetylenes is 1. The fourth-order valence-corrected chi connectivity index (χ4v) is 5.07. The molecular weight excluding hydrogens is 374 g/mol. The second kappa shape index (κ2) is 9.48. The van der Waals surface area contributed by atoms with Crippen molar-refractivity contribution in [3.05, 3.63) is 39.3 Å². The normalized spacial score (nSPS) is 17.4. The van der Waals surface area contributed by atoms with Crippen molar-refractivity contribution in [2.45, 2.75) is 38.8 Å². The molecule has 0 spiro atoms. The third-order valence-corrected chi connectivity index (χ3v) is 6.09. The summed E-state index contributed by atoms with van der Waals surface area (Å²) in [6.07, 6.45) is 9.32. The number of nitrogens with one attached hydrogen (secondary N) is 1. The molecule has 1 aliphatic carbocycles. The van der Waals surface area contributed by atoms with E-state index in [1.165, 1.54) is 10.4 Å². The van der Waals surface area contributed by atoms with Crippen molar-refractivity contribution in [3.63, 3.8) is 0 Å². The quantitative estimate of drug-likeness (QED) is 0.382. The molecule has 2 atom stereocenters. The maximum atomic E-state index is 12.7. The summed E-state index contributed by atoms with van der Waals surface area (Å²) in [5, 5.41) is 10.9. The van der Waals surface area contributed by atoms with Crippen LogP contribution in [0.5, 0.6) is 0 Å². The number of hydrogen-bond donors (Lipinski definition) is 2. The molecule has 6 nitrogen and oxygen atoms in total. The molecule has 0 aliphatic heterocycles. The molecule has 2 aromatic rings. The predicted octanol–water partition coefficient (Wildman–Crippen LogP) is 2.11. The van der Waals surface area contributed by atoms with E-state index < -0.39 is 6.10 Å². The van der Waals surface area contributed by atoms with Gasteiger partial charge in [-0.25, -0.2) is 4.98 Å². The summed E-state index contributed by atoms with van der Waals surface area (Å²) in [5.74, 6) is 3.63. The minimum Gasteiger partial charge on any atom is -0.389 e. The fourth-order valence-electron chi connectivity index (χ4n) is 3.67. The van der Waals surface area contributed by atoms with Gasteiger partial charge in [-0.2, -0.15) is 0 Å². The summed E-state index contributed by atoms with van der Waals surface area (Å²) >= 11 is 1.64. The minimum atomic E-state index is -0.681. The summed E-state index contributed by atoms with van der Waals surface area (Å²) in [4.78, 5) is 24.5. The van der Waals surface area contributed by atoms with Gasteiger partial charge in [-0.15, -0.1) is 24.3 Å². The minimum absolute atomic E-state index is 0.0662. The van der Waals surface area contributed by atoms with E-state index in [0.29, 0.717) is 31.4 Å². The van der Waals surface area contributed by atoms with Crippen LogP contribution in [0.2, 0.25) is 0 Å². The lowest BCUT2D eigenvalue weighted by molar-refractivity contribution is 0.0281. The Morgan fingerprint density at radius 1 is 1.61 bits per heavy atom. The van der Waals surface area contributed by atoms with E-state index in [9.17, 15) is 9.90 Å². The number of fused-ring (bicyclic) bond motifs is 3. The SMILES string of the molecule is C#CCOC[C@H](O)CN(CC=C)Cc1nc2sc3c(c2c(=O)[nH]1)CC[C@@H](C)C3. The average Bonchev–Trinajstić information content (AvgIpc) is 2.99. The summed E-state index contributed by atoms with van der Waals surface area (Å²) in [5.41, 5.74) is 1.12. The second-order valence-corrected chi connectivity index (χ2v) is 8.48. The first-order valence-corrected chi connectivity index (χ1v) is 10.4. The van der Waals surface area contributed by atoms with Crippen LogP contribution in [0.15, 0.2) is 17.4 Å². The van der Waals surface area contributed by atoms with E-state index >= 15 is 0 Å². The summed E-state index contributed by atoms with van der Waals surface area (Å²) < 4.78 is 5.20. The number of thiophene rings is 1. The highest BCUT2D eigenvalue weighted by atomic mass is 32.1. The molecule has 0 amide bonds. The summed E-state index contributed by atoms with van der Waals surface area (Å²) in [6.45, 7) is 7.71. The molecule has 28 heavy (non-hydrogen) atoms. The first-order chi connectivity index (χ1) is 13.5. The molecule has 0 unspecified atom stereocenters. The van der Waals surface area contributed by atoms with Crippen molar-refractivity contribution in [1.29, 1.82) is 0 Å². The van der Waals surface area contributed by atoms with Crippen molar-refractivity contribution >= 4 is 21.6 Å². The van der Waals surface area contributed by atoms with E-state index in [1.807, 2.05) is 4.90 Å². The molecule has 0 saturated carbocycles. The van der Waals surface area contributed by atoms with Gasteiger partial charge >= 0.3 is 0 Å². The Hall–Kier alpha value is -1.98. The van der Waals surface area contributed by atoms with Crippen molar-refractivity contribution < 1.29 is 9.84 Å². The Labute approximate surface area is 169 Å². The van der Waals surface area contributed by atoms with Crippen LogP contribution in [0.3, 0.4) is 0 Å². The number of nitrogens with zero attached hydrogens (tertiary/aromatic N) is 2. The van der Waals surface area contributed by atoms with Crippen LogP contribution >= 0.6 is 11.3 Å². The van der Waals surface area contributed by atoms with E-state index in [-0.39, 0.29) is 18.8 Å². The molecule has 7 heteroatoms. The van der Waals surface area contributed by atoms with E-state index in [4.69, 9.17) is 16.1 Å². The lowest BCUT2D eigenvalue weighted by atomic mass is 9.89. The topological polar surface area (TPSA) is 78.5 Å². The van der Waals surface area contributed by atoms with Crippen molar-refractivity contribution in [2.75, 3.05) is 26.3 Å². The van der Waals surface area contributed by atoms with Crippen molar-refractivity contribution in [2.24, 2.45) is 5.92 Å². The predicted molar refractivity (Wildman–Crippen MR) is 113 cm³/mol. The molecular formula is C21H27N3O3S. The highest BCUT2D eigenvalue weighted by Crippen LogP contribution is 2.35. The molecule has 2 aromatic heterocycles. The lowest BCUT2D eigenvalue weighted by Crippen LogP contribution is -2.35. The zero-order chi connectivity index (χ0) is 20.1. The number of aromatic amines is 1. The number of rotatable bonds is 9. The standard InChI is InChI=1S/C21H27N3O3S/c1-4-8-24(11-15(25)13-27-9-5-2)12-18-22-20(26)19-16-7-6-14(3)10-17(16)28-21(19)23-18/h2,4,14-15,25H,1,6-13H2,3H3,(H,22,23,26)/t14-,15-/m1/s1. The van der Waals surface area contributed by atoms with E-state index in [1.54, 1.807) is 17.4 Å². The Morgan fingerprint density at radius 3 is 3.18 bits per heavy atom. The van der Waals surface area contributed by atoms with Crippen LogP contribution in [0.25, 0.3) is 10.2 Å². The lowest BCUT2D eigenvalue weighted by Gasteiger charge is -2.23. The maximum Gasteiger partial charge on any atom is 0.259 e. The molecule has 2 heterocycles. The Bertz CT molecular complexity index is 927. The highest BCUT2D eigenvalue weighted by Gasteiger charge is 2.23. The molecule has 0 fully saturated rings. The Morgan fingerprint density at radius 2 is 2.43 bits per heavy atom. The number of hydrogen-bond acceptors (Lipinski definition) is 6. The number of aliphatic hydroxyl groups excluding tert-OH is 1. The average molecular weight is 402 g/mol. The zero-order valence-electron chi connectivity index (χ0n) is 16.2. The van der Waals surface area contributed by atoms with Gasteiger partial charge < -0.3 is 14.8 Å². The summed E-state index contributed by atoms with van der Waals surface area (Å²) in [6, 6.07) is 0. The van der Waals surface area contributed by atoms with Crippen LogP contribution in [0.1, 0.15) is 29.6 Å². The van der Waals surface area contributed by atoms with Gasteiger partial charge in [0.05, 0.1) is 24.6 Å². The van der Waals surface area contributed by atoms with Crippen LogP contribution in [0.4, 0.5) is 0 Å². The smallest absolute Gasteiger partial charge is 0.259 e. The third kappa shape index (κ3) is 4.89. The van der Waals surface area contributed by atoms with E-state index in [0.717, 1.165) is 29.5 Å². The van der Waals surface area contributed by atoms with Gasteiger partial charge in [0.25, 0.3) is 5.56 Å². The number of ether oxygens (including phenoxy) is 1. The number of aliphatic hydroxyl groups is 1. The molecule has 3 rings (SSSR count). The first kappa shape index (κ1) is 20.7. The van der Waals surface area contributed by atoms with Gasteiger partial charge in [0.15, 0.2) is 0 Å². The molecule has 0 saturated heterocycles. The molecule has 1 aliphatic rings. The van der Waals surface area contributed by atoms with Gasteiger partial charge in [-0.3, -0.25) is 9.69 Å². The molecule has 0 radical (unpaired) electrons. The maximum absolute atomic E-state index is 12.7. The van der Waals surface area contributed by atoms with Crippen molar-refractivity contribution in [3.8, 4) is 12.3 Å².